The number of cyclic esters (lactones) is 1. The van der Waals surface area contributed by atoms with E-state index in [0.29, 0.717) is 18.5 Å². The van der Waals surface area contributed by atoms with E-state index in [1.165, 1.54) is 18.9 Å². The van der Waals surface area contributed by atoms with Gasteiger partial charge in [-0.25, -0.2) is 9.59 Å². The van der Waals surface area contributed by atoms with Crippen molar-refractivity contribution in [3.8, 4) is 0 Å². The molecule has 60 heavy (non-hydrogen) atoms. The van der Waals surface area contributed by atoms with Crippen LogP contribution >= 0.6 is 0 Å². The second kappa shape index (κ2) is 18.9. The molecule has 0 radical (unpaired) electrons. The lowest BCUT2D eigenvalue weighted by atomic mass is 9.73. The number of fused-ring (bicyclic) bond motifs is 1. The number of benzene rings is 1. The SMILES string of the molecule is CC[C@H]1OC(=O)[C@H](C)[C@@H](OC(=O)N2C=CC[C@@H]2c2ccc(NC(C)=O)cc2)[C@H](C)[C@@H](O[C@@H]2O[C@H](C)C[C@H](N(C)C)[C@H]2O)[C@](C)(OC)C[C@@H](C)C(=O)[C@H](C)[C@H]2NC(=O)O[C@@]21C. The summed E-state index contributed by atoms with van der Waals surface area (Å²) in [5.41, 5.74) is -1.32. The van der Waals surface area contributed by atoms with E-state index in [9.17, 15) is 29.1 Å². The van der Waals surface area contributed by atoms with Crippen molar-refractivity contribution in [3.63, 3.8) is 0 Å². The summed E-state index contributed by atoms with van der Waals surface area (Å²) in [6.45, 7) is 15.5. The average Bonchev–Trinajstić information content (AvgIpc) is 3.81. The van der Waals surface area contributed by atoms with Crippen molar-refractivity contribution < 1.29 is 57.5 Å². The Balaban J connectivity index is 1.59. The number of hydrogen-bond donors (Lipinski definition) is 3. The molecule has 16 heteroatoms. The molecule has 3 fully saturated rings. The van der Waals surface area contributed by atoms with E-state index in [-0.39, 0.29) is 36.7 Å². The highest BCUT2D eigenvalue weighted by Crippen LogP contribution is 2.42. The van der Waals surface area contributed by atoms with Gasteiger partial charge >= 0.3 is 18.2 Å². The van der Waals surface area contributed by atoms with Crippen LogP contribution in [0.4, 0.5) is 15.3 Å². The molecule has 334 valence electrons. The Bertz CT molecular complexity index is 1760. The second-order valence-electron chi connectivity index (χ2n) is 17.8. The molecule has 0 unspecified atom stereocenters. The van der Waals surface area contributed by atoms with Crippen LogP contribution in [0.15, 0.2) is 36.5 Å². The Morgan fingerprint density at radius 1 is 1.05 bits per heavy atom. The van der Waals surface area contributed by atoms with Crippen LogP contribution in [-0.2, 0) is 42.8 Å². The molecule has 1 aromatic rings. The van der Waals surface area contributed by atoms with Crippen LogP contribution in [0.2, 0.25) is 0 Å². The Morgan fingerprint density at radius 2 is 1.72 bits per heavy atom. The number of Topliss-reactive ketones (excluding diaryl/α,β-unsaturated/α-hetero) is 1. The number of alkyl carbamates (subject to hydrolysis) is 1. The molecule has 3 amide bonds. The van der Waals surface area contributed by atoms with Crippen LogP contribution < -0.4 is 10.6 Å². The zero-order valence-electron chi connectivity index (χ0n) is 37.1. The summed E-state index contributed by atoms with van der Waals surface area (Å²) in [6.07, 6.45) is -2.42. The molecule has 4 aliphatic heterocycles. The summed E-state index contributed by atoms with van der Waals surface area (Å²) in [7, 11) is 5.24. The van der Waals surface area contributed by atoms with Gasteiger partial charge in [0.05, 0.1) is 35.8 Å². The van der Waals surface area contributed by atoms with E-state index >= 15 is 0 Å². The van der Waals surface area contributed by atoms with Gasteiger partial charge in [-0.3, -0.25) is 19.3 Å². The number of ketones is 1. The first-order chi connectivity index (χ1) is 28.1. The number of carbonyl (C=O) groups is 5. The van der Waals surface area contributed by atoms with Gasteiger partial charge in [0.1, 0.15) is 24.1 Å². The number of nitrogens with zero attached hydrogens (tertiary/aromatic N) is 2. The van der Waals surface area contributed by atoms with Crippen molar-refractivity contribution in [1.82, 2.24) is 15.1 Å². The molecule has 5 rings (SSSR count). The monoisotopic (exact) mass is 842 g/mol. The molecule has 4 heterocycles. The number of methoxy groups -OCH3 is 1. The van der Waals surface area contributed by atoms with E-state index in [4.69, 9.17) is 28.4 Å². The molecule has 0 saturated carbocycles. The first-order valence-electron chi connectivity index (χ1n) is 21.1. The topological polar surface area (TPSA) is 191 Å². The van der Waals surface area contributed by atoms with Crippen molar-refractivity contribution in [2.24, 2.45) is 23.7 Å². The van der Waals surface area contributed by atoms with Crippen molar-refractivity contribution in [2.45, 2.75) is 154 Å². The predicted octanol–water partition coefficient (Wildman–Crippen LogP) is 5.33. The fraction of sp³-hybridized carbons (Fsp3) is 0.705. The number of aliphatic hydroxyl groups excluding tert-OH is 1. The lowest BCUT2D eigenvalue weighted by Gasteiger charge is -2.48. The molecule has 0 aromatic heterocycles. The molecule has 4 aliphatic rings. The number of likely N-dealkylation sites (N-methyl/N-ethyl adjacent to an activating group) is 1. The maximum atomic E-state index is 14.5. The zero-order chi connectivity index (χ0) is 44.4. The van der Waals surface area contributed by atoms with Gasteiger partial charge in [-0.05, 0) is 85.2 Å². The second-order valence-corrected chi connectivity index (χ2v) is 17.8. The standard InChI is InChI=1S/C44H66N4O12/c1-13-33-44(9)37(46-41(53)60-44)25(4)34(50)23(2)22-43(8,55-12)38(59-40-35(51)32(47(10)11)21-24(3)56-40)26(5)36(27(6)39(52)57-33)58-42(54)48-20-14-15-31(48)29-16-18-30(19-17-29)45-28(7)49/h14,16-20,23-27,31-33,35-38,40,51H,13,15,21-22H2,1-12H3,(H,45,49)(H,46,53)/t23-,24-,25+,26+,27-,31-,32+,33-,35-,36+,37-,38-,40+,43-,44-/m1/s1. The maximum absolute atomic E-state index is 14.5. The van der Waals surface area contributed by atoms with Gasteiger partial charge in [0.15, 0.2) is 11.9 Å². The lowest BCUT2D eigenvalue weighted by Crippen LogP contribution is -2.61. The minimum absolute atomic E-state index is 0.109. The molecule has 1 aromatic carbocycles. The Morgan fingerprint density at radius 3 is 2.32 bits per heavy atom. The first kappa shape index (κ1) is 47.0. The zero-order valence-corrected chi connectivity index (χ0v) is 37.1. The van der Waals surface area contributed by atoms with Crippen LogP contribution in [-0.4, -0.2) is 126 Å². The maximum Gasteiger partial charge on any atom is 0.414 e. The van der Waals surface area contributed by atoms with Gasteiger partial charge in [0.25, 0.3) is 0 Å². The summed E-state index contributed by atoms with van der Waals surface area (Å²) in [5, 5.41) is 17.3. The number of esters is 1. The molecule has 3 saturated heterocycles. The largest absolute Gasteiger partial charge is 0.458 e. The number of hydrogen-bond acceptors (Lipinski definition) is 13. The first-order valence-corrected chi connectivity index (χ1v) is 21.1. The van der Waals surface area contributed by atoms with Crippen LogP contribution in [0, 0.1) is 23.7 Å². The molecule has 3 N–H and O–H groups in total. The third-order valence-electron chi connectivity index (χ3n) is 13.1. The summed E-state index contributed by atoms with van der Waals surface area (Å²) in [5.74, 6) is -4.52. The van der Waals surface area contributed by atoms with Gasteiger partial charge in [-0.15, -0.1) is 0 Å². The minimum atomic E-state index is -1.41. The van der Waals surface area contributed by atoms with E-state index in [1.807, 2.05) is 44.1 Å². The molecular formula is C44H66N4O12. The van der Waals surface area contributed by atoms with Gasteiger partial charge in [0.2, 0.25) is 5.91 Å². The van der Waals surface area contributed by atoms with Crippen molar-refractivity contribution >= 4 is 35.5 Å². The van der Waals surface area contributed by atoms with Crippen LogP contribution in [0.3, 0.4) is 0 Å². The molecule has 0 bridgehead atoms. The van der Waals surface area contributed by atoms with Crippen molar-refractivity contribution in [3.05, 3.63) is 42.1 Å². The predicted molar refractivity (Wildman–Crippen MR) is 220 cm³/mol. The summed E-state index contributed by atoms with van der Waals surface area (Å²) in [6, 6.07) is 5.55. The molecule has 0 aliphatic carbocycles. The number of nitrogens with one attached hydrogen (secondary N) is 2. The number of anilines is 1. The van der Waals surface area contributed by atoms with E-state index in [1.54, 1.807) is 66.8 Å². The normalized spacial score (nSPS) is 39.0. The summed E-state index contributed by atoms with van der Waals surface area (Å²) in [4.78, 5) is 71.3. The molecule has 16 nitrogen and oxygen atoms in total. The molecular weight excluding hydrogens is 776 g/mol. The van der Waals surface area contributed by atoms with Gasteiger partial charge in [0, 0.05) is 49.7 Å². The Labute approximate surface area is 353 Å². The number of ether oxygens (including phenoxy) is 6. The number of carbonyl (C=O) groups excluding carboxylic acids is 5. The highest BCUT2D eigenvalue weighted by molar-refractivity contribution is 5.88. The van der Waals surface area contributed by atoms with Crippen molar-refractivity contribution in [1.29, 1.82) is 0 Å². The third-order valence-corrected chi connectivity index (χ3v) is 13.1. The fourth-order valence-corrected chi connectivity index (χ4v) is 9.71. The summed E-state index contributed by atoms with van der Waals surface area (Å²) < 4.78 is 37.9. The Hall–Kier alpha value is -4.09. The lowest BCUT2D eigenvalue weighted by molar-refractivity contribution is -0.301. The number of rotatable bonds is 8. The highest BCUT2D eigenvalue weighted by Gasteiger charge is 2.58. The fourth-order valence-electron chi connectivity index (χ4n) is 9.71. The van der Waals surface area contributed by atoms with Crippen LogP contribution in [0.1, 0.15) is 99.6 Å². The minimum Gasteiger partial charge on any atom is -0.458 e. The van der Waals surface area contributed by atoms with Gasteiger partial charge < -0.3 is 49.1 Å². The molecule has 15 atom stereocenters. The highest BCUT2D eigenvalue weighted by atomic mass is 16.7. The van der Waals surface area contributed by atoms with Crippen molar-refractivity contribution in [2.75, 3.05) is 26.5 Å². The average molecular weight is 843 g/mol. The number of amides is 3. The smallest absolute Gasteiger partial charge is 0.414 e. The van der Waals surface area contributed by atoms with E-state index < -0.39 is 95.8 Å². The van der Waals surface area contributed by atoms with E-state index in [2.05, 4.69) is 10.6 Å². The number of aliphatic hydroxyl groups is 1. The quantitative estimate of drug-likeness (QED) is 0.225. The molecule has 0 spiro atoms. The van der Waals surface area contributed by atoms with E-state index in [0.717, 1.165) is 5.56 Å². The van der Waals surface area contributed by atoms with Gasteiger partial charge in [-0.2, -0.15) is 0 Å². The van der Waals surface area contributed by atoms with Crippen LogP contribution in [0.25, 0.3) is 0 Å². The van der Waals surface area contributed by atoms with Gasteiger partial charge in [-0.1, -0.05) is 45.9 Å². The Kier molecular flexibility index (Phi) is 14.8. The van der Waals surface area contributed by atoms with Crippen LogP contribution in [0.5, 0.6) is 0 Å². The summed E-state index contributed by atoms with van der Waals surface area (Å²) >= 11 is 0. The third kappa shape index (κ3) is 9.67.